The van der Waals surface area contributed by atoms with Gasteiger partial charge in [-0.15, -0.1) is 0 Å². The number of aryl methyl sites for hydroxylation is 1. The Balaban J connectivity index is 1.46. The number of carbonyl (C=O) groups excluding carboxylic acids is 3. The normalized spacial score (nSPS) is 25.9. The van der Waals surface area contributed by atoms with E-state index in [1.54, 1.807) is 19.1 Å². The van der Waals surface area contributed by atoms with E-state index in [-0.39, 0.29) is 41.4 Å². The van der Waals surface area contributed by atoms with Crippen molar-refractivity contribution in [1.29, 1.82) is 0 Å². The first-order chi connectivity index (χ1) is 15.8. The lowest BCUT2D eigenvalue weighted by molar-refractivity contribution is -0.385. The molecule has 5 atom stereocenters. The second-order valence-corrected chi connectivity index (χ2v) is 9.00. The number of rotatable bonds is 6. The smallest absolute Gasteiger partial charge is 0.274 e. The van der Waals surface area contributed by atoms with Crippen LogP contribution in [-0.4, -0.2) is 33.6 Å². The highest BCUT2D eigenvalue weighted by atomic mass is 16.6. The van der Waals surface area contributed by atoms with Crippen LogP contribution in [0.1, 0.15) is 17.5 Å². The predicted molar refractivity (Wildman–Crippen MR) is 120 cm³/mol. The molecule has 0 spiro atoms. The van der Waals surface area contributed by atoms with Crippen molar-refractivity contribution in [2.24, 2.45) is 23.7 Å². The lowest BCUT2D eigenvalue weighted by atomic mass is 9.85. The van der Waals surface area contributed by atoms with Gasteiger partial charge in [0.05, 0.1) is 16.8 Å². The van der Waals surface area contributed by atoms with Crippen molar-refractivity contribution in [1.82, 2.24) is 4.90 Å². The summed E-state index contributed by atoms with van der Waals surface area (Å²) in [6, 6.07) is 12.6. The number of imide groups is 1. The zero-order valence-electron chi connectivity index (χ0n) is 18.0. The summed E-state index contributed by atoms with van der Waals surface area (Å²) in [5.41, 5.74) is 1.42. The lowest BCUT2D eigenvalue weighted by Crippen LogP contribution is -2.49. The number of anilines is 1. The molecule has 168 valence electrons. The molecular formula is C25H23N3O5. The molecule has 2 fully saturated rings. The third-order valence-electron chi connectivity index (χ3n) is 7.06. The number of benzene rings is 2. The highest BCUT2D eigenvalue weighted by molar-refractivity contribution is 6.11. The molecule has 1 saturated heterocycles. The van der Waals surface area contributed by atoms with Gasteiger partial charge in [-0.25, -0.2) is 0 Å². The maximum atomic E-state index is 13.4. The molecule has 1 N–H and O–H groups in total. The van der Waals surface area contributed by atoms with Crippen molar-refractivity contribution < 1.29 is 19.3 Å². The molecule has 8 heteroatoms. The Morgan fingerprint density at radius 1 is 1.09 bits per heavy atom. The molecular weight excluding hydrogens is 422 g/mol. The summed E-state index contributed by atoms with van der Waals surface area (Å²) in [4.78, 5) is 52.1. The van der Waals surface area contributed by atoms with Crippen LogP contribution < -0.4 is 5.32 Å². The molecule has 5 rings (SSSR count). The Labute approximate surface area is 190 Å². The van der Waals surface area contributed by atoms with Gasteiger partial charge in [-0.3, -0.25) is 29.4 Å². The van der Waals surface area contributed by atoms with Crippen LogP contribution in [0.25, 0.3) is 0 Å². The fourth-order valence-corrected chi connectivity index (χ4v) is 5.48. The van der Waals surface area contributed by atoms with E-state index in [4.69, 9.17) is 0 Å². The van der Waals surface area contributed by atoms with Gasteiger partial charge in [-0.05, 0) is 36.8 Å². The fraction of sp³-hybridized carbons (Fsp3) is 0.320. The van der Waals surface area contributed by atoms with Gasteiger partial charge >= 0.3 is 0 Å². The van der Waals surface area contributed by atoms with Crippen molar-refractivity contribution in [2.75, 3.05) is 5.32 Å². The maximum absolute atomic E-state index is 13.4. The van der Waals surface area contributed by atoms with Gasteiger partial charge in [0.1, 0.15) is 6.04 Å². The van der Waals surface area contributed by atoms with Crippen LogP contribution in [0.2, 0.25) is 0 Å². The third kappa shape index (κ3) is 3.51. The lowest BCUT2D eigenvalue weighted by Gasteiger charge is -2.27. The fourth-order valence-electron chi connectivity index (χ4n) is 5.48. The first-order valence-corrected chi connectivity index (χ1v) is 11.0. The second kappa shape index (κ2) is 7.95. The van der Waals surface area contributed by atoms with Crippen molar-refractivity contribution in [3.8, 4) is 0 Å². The zero-order chi connectivity index (χ0) is 23.3. The van der Waals surface area contributed by atoms with Crippen LogP contribution in [0.5, 0.6) is 0 Å². The summed E-state index contributed by atoms with van der Waals surface area (Å²) in [5, 5.41) is 14.0. The van der Waals surface area contributed by atoms with Crippen molar-refractivity contribution in [3.63, 3.8) is 0 Å². The number of fused-ring (bicyclic) bond motifs is 5. The Kier molecular flexibility index (Phi) is 5.08. The number of amides is 3. The number of hydrogen-bond acceptors (Lipinski definition) is 5. The number of allylic oxidation sites excluding steroid dienone is 2. The highest BCUT2D eigenvalue weighted by Gasteiger charge is 2.61. The molecule has 33 heavy (non-hydrogen) atoms. The number of nitrogens with zero attached hydrogens (tertiary/aromatic N) is 2. The minimum absolute atomic E-state index is 0.0432. The topological polar surface area (TPSA) is 110 Å². The zero-order valence-corrected chi connectivity index (χ0v) is 18.0. The molecule has 8 nitrogen and oxygen atoms in total. The quantitative estimate of drug-likeness (QED) is 0.318. The molecule has 2 aliphatic carbocycles. The SMILES string of the molecule is Cc1ccc(NC(=O)[C@@H](Cc2ccccc2)N2C(=O)[C@@H]3[C@@H](C2=O)[C@H]2C=C[C@@H]3C2)cc1[N+](=O)[O-]. The van der Waals surface area contributed by atoms with Crippen LogP contribution >= 0.6 is 0 Å². The first-order valence-electron chi connectivity index (χ1n) is 11.0. The summed E-state index contributed by atoms with van der Waals surface area (Å²) in [5.74, 6) is -1.86. The third-order valence-corrected chi connectivity index (χ3v) is 7.06. The Morgan fingerprint density at radius 2 is 1.73 bits per heavy atom. The molecule has 1 aliphatic heterocycles. The average molecular weight is 445 g/mol. The molecule has 3 aliphatic rings. The van der Waals surface area contributed by atoms with E-state index in [1.807, 2.05) is 42.5 Å². The number of nitro groups is 1. The molecule has 0 radical (unpaired) electrons. The number of nitro benzene ring substituents is 1. The van der Waals surface area contributed by atoms with Gasteiger partial charge in [0.15, 0.2) is 0 Å². The van der Waals surface area contributed by atoms with Gasteiger partial charge in [-0.2, -0.15) is 0 Å². The summed E-state index contributed by atoms with van der Waals surface area (Å²) in [6.07, 6.45) is 5.00. The minimum Gasteiger partial charge on any atom is -0.324 e. The molecule has 2 aromatic carbocycles. The van der Waals surface area contributed by atoms with Crippen molar-refractivity contribution in [3.05, 3.63) is 81.9 Å². The van der Waals surface area contributed by atoms with E-state index in [9.17, 15) is 24.5 Å². The minimum atomic E-state index is -1.04. The number of hydrogen-bond donors (Lipinski definition) is 1. The van der Waals surface area contributed by atoms with Gasteiger partial charge in [0.2, 0.25) is 17.7 Å². The van der Waals surface area contributed by atoms with E-state index in [0.29, 0.717) is 5.56 Å². The van der Waals surface area contributed by atoms with Gasteiger partial charge in [0, 0.05) is 23.7 Å². The van der Waals surface area contributed by atoms with Crippen LogP contribution in [0.3, 0.4) is 0 Å². The van der Waals surface area contributed by atoms with E-state index in [1.165, 1.54) is 6.07 Å². The highest BCUT2D eigenvalue weighted by Crippen LogP contribution is 2.53. The number of carbonyl (C=O) groups is 3. The van der Waals surface area contributed by atoms with E-state index in [0.717, 1.165) is 16.9 Å². The largest absolute Gasteiger partial charge is 0.324 e. The van der Waals surface area contributed by atoms with E-state index >= 15 is 0 Å². The van der Waals surface area contributed by atoms with Crippen molar-refractivity contribution >= 4 is 29.1 Å². The van der Waals surface area contributed by atoms with Gasteiger partial charge in [-0.1, -0.05) is 48.6 Å². The number of nitrogens with one attached hydrogen (secondary N) is 1. The molecule has 1 saturated carbocycles. The van der Waals surface area contributed by atoms with Crippen LogP contribution in [-0.2, 0) is 20.8 Å². The summed E-state index contributed by atoms with van der Waals surface area (Å²) < 4.78 is 0. The summed E-state index contributed by atoms with van der Waals surface area (Å²) >= 11 is 0. The second-order valence-electron chi connectivity index (χ2n) is 9.00. The Hall–Kier alpha value is -3.81. The van der Waals surface area contributed by atoms with Crippen LogP contribution in [0.4, 0.5) is 11.4 Å². The van der Waals surface area contributed by atoms with Gasteiger partial charge < -0.3 is 5.32 Å². The molecule has 0 unspecified atom stereocenters. The standard InChI is InChI=1S/C25H23N3O5/c1-14-7-10-18(13-19(14)28(32)33)26-23(29)20(11-15-5-3-2-4-6-15)27-24(30)21-16-8-9-17(12-16)22(21)25(27)31/h2-10,13,16-17,20-22H,11-12H2,1H3,(H,26,29)/t16-,17+,20-,21+,22+/m1/s1. The Morgan fingerprint density at radius 3 is 2.33 bits per heavy atom. The summed E-state index contributed by atoms with van der Waals surface area (Å²) in [7, 11) is 0. The average Bonchev–Trinajstić information content (AvgIpc) is 3.48. The van der Waals surface area contributed by atoms with Crippen molar-refractivity contribution in [2.45, 2.75) is 25.8 Å². The van der Waals surface area contributed by atoms with E-state index in [2.05, 4.69) is 5.32 Å². The van der Waals surface area contributed by atoms with Crippen LogP contribution in [0.15, 0.2) is 60.7 Å². The maximum Gasteiger partial charge on any atom is 0.274 e. The molecule has 3 amide bonds. The van der Waals surface area contributed by atoms with Crippen LogP contribution in [0, 0.1) is 40.7 Å². The molecule has 0 aromatic heterocycles. The Bertz CT molecular complexity index is 1160. The van der Waals surface area contributed by atoms with E-state index < -0.39 is 28.7 Å². The molecule has 2 bridgehead atoms. The molecule has 2 aromatic rings. The first kappa shape index (κ1) is 21.1. The monoisotopic (exact) mass is 445 g/mol. The summed E-state index contributed by atoms with van der Waals surface area (Å²) in [6.45, 7) is 1.62. The predicted octanol–water partition coefficient (Wildman–Crippen LogP) is 3.26. The number of likely N-dealkylation sites (tertiary alicyclic amines) is 1. The molecule has 1 heterocycles. The van der Waals surface area contributed by atoms with Gasteiger partial charge in [0.25, 0.3) is 5.69 Å².